The Balaban J connectivity index is 2.63. The van der Waals surface area contributed by atoms with Crippen LogP contribution in [-0.4, -0.2) is 17.8 Å². The maximum Gasteiger partial charge on any atom is 0.549 e. The fraction of sp³-hybridized carbons (Fsp3) is 0.500. The summed E-state index contributed by atoms with van der Waals surface area (Å²) in [5.74, 6) is 0. The lowest BCUT2D eigenvalue weighted by Gasteiger charge is -2.02. The number of ether oxygens (including phenoxy) is 1. The number of carbonyl (C=O) groups is 1. The highest BCUT2D eigenvalue weighted by Crippen LogP contribution is 2.43. The van der Waals surface area contributed by atoms with Crippen LogP contribution < -0.4 is 5.48 Å². The van der Waals surface area contributed by atoms with Gasteiger partial charge in [0.25, 0.3) is 0 Å². The summed E-state index contributed by atoms with van der Waals surface area (Å²) in [6.07, 6.45) is -1.24. The highest BCUT2D eigenvalue weighted by atomic mass is 31.2. The molecule has 58 valence electrons. The summed E-state index contributed by atoms with van der Waals surface area (Å²) in [5.41, 5.74) is 1.89. The van der Waals surface area contributed by atoms with E-state index in [4.69, 9.17) is 4.89 Å². The minimum atomic E-state index is -4.27. The number of nitrogens with one attached hydrogen (secondary N) is 1. The molecule has 1 heterocycles. The van der Waals surface area contributed by atoms with Crippen LogP contribution in [0.2, 0.25) is 0 Å². The average molecular weight is 169 g/mol. The quantitative estimate of drug-likeness (QED) is 0.380. The molecule has 0 radical (unpaired) electrons. The first-order valence-electron chi connectivity index (χ1n) is 2.21. The van der Waals surface area contributed by atoms with Crippen LogP contribution in [0, 0.1) is 0 Å². The number of phosphoric ester groups is 1. The Kier molecular flexibility index (Phi) is 1.91. The monoisotopic (exact) mass is 169 g/mol. The van der Waals surface area contributed by atoms with Crippen molar-refractivity contribution in [2.75, 3.05) is 6.73 Å². The van der Waals surface area contributed by atoms with Crippen molar-refractivity contribution in [3.8, 4) is 0 Å². The third-order valence-corrected chi connectivity index (χ3v) is 1.36. The summed E-state index contributed by atoms with van der Waals surface area (Å²) in [6, 6.07) is 0. The molecule has 1 saturated heterocycles. The van der Waals surface area contributed by atoms with Crippen LogP contribution in [0.5, 0.6) is 0 Å². The molecule has 10 heavy (non-hydrogen) atoms. The molecule has 1 aliphatic heterocycles. The van der Waals surface area contributed by atoms with Gasteiger partial charge in [0.05, 0.1) is 0 Å². The molecule has 1 unspecified atom stereocenters. The summed E-state index contributed by atoms with van der Waals surface area (Å²) in [4.78, 5) is 18.7. The van der Waals surface area contributed by atoms with Gasteiger partial charge in [0.2, 0.25) is 0 Å². The van der Waals surface area contributed by atoms with Crippen molar-refractivity contribution < 1.29 is 28.1 Å². The standard InChI is InChI=1S/C2H4NO6P/c4-2-7-1-3-9-10(5,6)8-2/h3H,1H2,(H,5,6). The maximum atomic E-state index is 10.4. The molecule has 0 saturated carbocycles. The van der Waals surface area contributed by atoms with E-state index in [1.54, 1.807) is 0 Å². The van der Waals surface area contributed by atoms with E-state index in [2.05, 4.69) is 13.9 Å². The molecule has 0 bridgehead atoms. The van der Waals surface area contributed by atoms with Crippen LogP contribution in [-0.2, 0) is 18.5 Å². The summed E-state index contributed by atoms with van der Waals surface area (Å²) >= 11 is 0. The highest BCUT2D eigenvalue weighted by molar-refractivity contribution is 7.47. The summed E-state index contributed by atoms with van der Waals surface area (Å²) in [5, 5.41) is 0. The lowest BCUT2D eigenvalue weighted by atomic mass is 11.2. The fourth-order valence-corrected chi connectivity index (χ4v) is 0.830. The predicted octanol–water partition coefficient (Wildman–Crippen LogP) is -0.268. The van der Waals surface area contributed by atoms with Gasteiger partial charge in [-0.15, -0.1) is 0 Å². The van der Waals surface area contributed by atoms with Gasteiger partial charge in [-0.2, -0.15) is 10.1 Å². The topological polar surface area (TPSA) is 94.1 Å². The van der Waals surface area contributed by atoms with Crippen LogP contribution in [0.1, 0.15) is 0 Å². The van der Waals surface area contributed by atoms with Gasteiger partial charge in [0, 0.05) is 0 Å². The molecule has 1 atom stereocenters. The molecular weight excluding hydrogens is 165 g/mol. The van der Waals surface area contributed by atoms with Crippen molar-refractivity contribution in [3.05, 3.63) is 0 Å². The fourth-order valence-electron chi connectivity index (χ4n) is 0.335. The first kappa shape index (κ1) is 7.49. The van der Waals surface area contributed by atoms with Crippen LogP contribution in [0.4, 0.5) is 4.79 Å². The molecule has 0 spiro atoms. The normalized spacial score (nSPS) is 33.9. The van der Waals surface area contributed by atoms with E-state index in [9.17, 15) is 9.36 Å². The minimum absolute atomic E-state index is 0.316. The summed E-state index contributed by atoms with van der Waals surface area (Å²) in [6.45, 7) is -0.316. The van der Waals surface area contributed by atoms with Gasteiger partial charge in [0.15, 0.2) is 6.73 Å². The Hall–Kier alpha value is -0.620. The van der Waals surface area contributed by atoms with Crippen LogP contribution in [0.15, 0.2) is 0 Å². The molecule has 1 fully saturated rings. The summed E-state index contributed by atoms with van der Waals surface area (Å²) in [7, 11) is -4.27. The molecule has 7 nitrogen and oxygen atoms in total. The van der Waals surface area contributed by atoms with Gasteiger partial charge < -0.3 is 9.26 Å². The van der Waals surface area contributed by atoms with Crippen molar-refractivity contribution in [2.45, 2.75) is 0 Å². The Bertz CT molecular complexity index is 190. The number of hydrogen-bond donors (Lipinski definition) is 2. The van der Waals surface area contributed by atoms with E-state index < -0.39 is 14.0 Å². The molecule has 2 N–H and O–H groups in total. The van der Waals surface area contributed by atoms with E-state index in [1.807, 2.05) is 5.48 Å². The van der Waals surface area contributed by atoms with E-state index in [-0.39, 0.29) is 6.73 Å². The van der Waals surface area contributed by atoms with Crippen molar-refractivity contribution in [1.29, 1.82) is 0 Å². The Morgan fingerprint density at radius 1 is 1.70 bits per heavy atom. The van der Waals surface area contributed by atoms with Crippen molar-refractivity contribution in [2.24, 2.45) is 0 Å². The van der Waals surface area contributed by atoms with Crippen LogP contribution in [0.3, 0.4) is 0 Å². The second-order valence-corrected chi connectivity index (χ2v) is 2.64. The SMILES string of the molecule is O=C1OCNOP(=O)(O)O1. The van der Waals surface area contributed by atoms with Crippen molar-refractivity contribution >= 4 is 14.0 Å². The number of carbonyl (C=O) groups excluding carboxylic acids is 1. The number of rotatable bonds is 0. The molecule has 0 aromatic heterocycles. The second-order valence-electron chi connectivity index (χ2n) is 1.33. The van der Waals surface area contributed by atoms with Crippen LogP contribution >= 0.6 is 7.82 Å². The van der Waals surface area contributed by atoms with Gasteiger partial charge >= 0.3 is 14.0 Å². The molecule has 0 aliphatic carbocycles. The minimum Gasteiger partial charge on any atom is -0.416 e. The third-order valence-electron chi connectivity index (χ3n) is 0.619. The number of phosphoric acid groups is 1. The number of cyclic esters (lactones) is 1. The second kappa shape index (κ2) is 2.55. The molecule has 1 rings (SSSR count). The first-order valence-corrected chi connectivity index (χ1v) is 3.70. The zero-order valence-corrected chi connectivity index (χ0v) is 5.54. The average Bonchev–Trinajstić information content (AvgIpc) is 1.90. The zero-order valence-electron chi connectivity index (χ0n) is 4.64. The molecule has 0 aromatic rings. The predicted molar refractivity (Wildman–Crippen MR) is 26.5 cm³/mol. The van der Waals surface area contributed by atoms with Crippen LogP contribution in [0.25, 0.3) is 0 Å². The van der Waals surface area contributed by atoms with Gasteiger partial charge in [0.1, 0.15) is 0 Å². The lowest BCUT2D eigenvalue weighted by molar-refractivity contribution is 0.0799. The highest BCUT2D eigenvalue weighted by Gasteiger charge is 2.30. The number of hydroxylamine groups is 1. The Morgan fingerprint density at radius 3 is 3.10 bits per heavy atom. The van der Waals surface area contributed by atoms with E-state index in [0.717, 1.165) is 0 Å². The zero-order chi connectivity index (χ0) is 7.61. The van der Waals surface area contributed by atoms with Crippen molar-refractivity contribution in [3.63, 3.8) is 0 Å². The lowest BCUT2D eigenvalue weighted by Crippen LogP contribution is -2.13. The largest absolute Gasteiger partial charge is 0.549 e. The Morgan fingerprint density at radius 2 is 2.40 bits per heavy atom. The van der Waals surface area contributed by atoms with Crippen molar-refractivity contribution in [1.82, 2.24) is 5.48 Å². The molecular formula is C2H4NO6P. The van der Waals surface area contributed by atoms with E-state index in [0.29, 0.717) is 0 Å². The number of hydrogen-bond acceptors (Lipinski definition) is 6. The van der Waals surface area contributed by atoms with Gasteiger partial charge in [-0.3, -0.25) is 4.89 Å². The van der Waals surface area contributed by atoms with E-state index >= 15 is 0 Å². The Labute approximate surface area is 55.4 Å². The van der Waals surface area contributed by atoms with Gasteiger partial charge in [-0.1, -0.05) is 0 Å². The maximum absolute atomic E-state index is 10.4. The molecule has 0 aromatic carbocycles. The molecule has 1 aliphatic rings. The molecule has 8 heteroatoms. The smallest absolute Gasteiger partial charge is 0.416 e. The van der Waals surface area contributed by atoms with E-state index in [1.165, 1.54) is 0 Å². The molecule has 0 amide bonds. The third kappa shape index (κ3) is 1.96. The van der Waals surface area contributed by atoms with Gasteiger partial charge in [-0.05, 0) is 0 Å². The van der Waals surface area contributed by atoms with Gasteiger partial charge in [-0.25, -0.2) is 9.36 Å². The summed E-state index contributed by atoms with van der Waals surface area (Å²) < 4.78 is 22.2. The first-order chi connectivity index (χ1) is 4.60.